The lowest BCUT2D eigenvalue weighted by Gasteiger charge is -2.18. The number of hydrogen-bond donors (Lipinski definition) is 1. The third-order valence-corrected chi connectivity index (χ3v) is 2.80. The number of methoxy groups -OCH3 is 1. The van der Waals surface area contributed by atoms with Gasteiger partial charge in [-0.25, -0.2) is 0 Å². The molecule has 2 heterocycles. The number of carbonyl (C=O) groups is 1. The van der Waals surface area contributed by atoms with Gasteiger partial charge in [-0.05, 0) is 18.1 Å². The Labute approximate surface area is 116 Å². The zero-order valence-corrected chi connectivity index (χ0v) is 11.6. The number of esters is 1. The number of rotatable bonds is 6. The normalized spacial score (nSPS) is 12.6. The number of hydrogen-bond acceptors (Lipinski definition) is 7. The molecule has 2 rings (SSSR count). The first-order valence-corrected chi connectivity index (χ1v) is 6.29. The van der Waals surface area contributed by atoms with Crippen LogP contribution in [0, 0.1) is 5.92 Å². The highest BCUT2D eigenvalue weighted by molar-refractivity contribution is 5.75. The number of furan rings is 1. The van der Waals surface area contributed by atoms with Crippen molar-refractivity contribution in [1.29, 1.82) is 0 Å². The first-order chi connectivity index (χ1) is 9.61. The third-order valence-electron chi connectivity index (χ3n) is 2.80. The summed E-state index contributed by atoms with van der Waals surface area (Å²) >= 11 is 0. The summed E-state index contributed by atoms with van der Waals surface area (Å²) in [4.78, 5) is 15.8. The molecule has 0 aliphatic rings. The van der Waals surface area contributed by atoms with Crippen LogP contribution in [0.4, 0.5) is 0 Å². The van der Waals surface area contributed by atoms with Gasteiger partial charge in [0.2, 0.25) is 0 Å². The standard InChI is InChI=1S/C13H17N3O4/c1-8(2)11(13(17)18-3)14-7-10-15-12(20-16-10)9-5-4-6-19-9/h4-6,8,11,14H,7H2,1-3H3. The lowest BCUT2D eigenvalue weighted by atomic mass is 10.0. The maximum absolute atomic E-state index is 11.6. The molecular weight excluding hydrogens is 262 g/mol. The lowest BCUT2D eigenvalue weighted by Crippen LogP contribution is -2.41. The van der Waals surface area contributed by atoms with Gasteiger partial charge in [-0.15, -0.1) is 0 Å². The third kappa shape index (κ3) is 3.24. The van der Waals surface area contributed by atoms with Gasteiger partial charge in [0.1, 0.15) is 6.04 Å². The second kappa shape index (κ2) is 6.33. The van der Waals surface area contributed by atoms with Gasteiger partial charge in [-0.2, -0.15) is 4.98 Å². The van der Waals surface area contributed by atoms with Crippen molar-refractivity contribution in [2.45, 2.75) is 26.4 Å². The number of nitrogens with one attached hydrogen (secondary N) is 1. The highest BCUT2D eigenvalue weighted by atomic mass is 16.5. The topological polar surface area (TPSA) is 90.4 Å². The van der Waals surface area contributed by atoms with E-state index in [1.807, 2.05) is 13.8 Å². The van der Waals surface area contributed by atoms with Crippen LogP contribution in [-0.2, 0) is 16.1 Å². The van der Waals surface area contributed by atoms with Gasteiger partial charge in [0, 0.05) is 0 Å². The van der Waals surface area contributed by atoms with Crippen LogP contribution in [0.2, 0.25) is 0 Å². The molecule has 2 aromatic heterocycles. The van der Waals surface area contributed by atoms with Crippen molar-refractivity contribution in [2.24, 2.45) is 5.92 Å². The monoisotopic (exact) mass is 279 g/mol. The average molecular weight is 279 g/mol. The van der Waals surface area contributed by atoms with Crippen LogP contribution >= 0.6 is 0 Å². The van der Waals surface area contributed by atoms with Gasteiger partial charge in [-0.3, -0.25) is 10.1 Å². The van der Waals surface area contributed by atoms with Crippen molar-refractivity contribution >= 4 is 5.97 Å². The van der Waals surface area contributed by atoms with E-state index in [2.05, 4.69) is 15.5 Å². The summed E-state index contributed by atoms with van der Waals surface area (Å²) < 4.78 is 15.0. The fourth-order valence-corrected chi connectivity index (χ4v) is 1.75. The SMILES string of the molecule is COC(=O)C(NCc1noc(-c2ccco2)n1)C(C)C. The van der Waals surface area contributed by atoms with E-state index >= 15 is 0 Å². The first-order valence-electron chi connectivity index (χ1n) is 6.29. The molecule has 0 spiro atoms. The molecule has 1 N–H and O–H groups in total. The van der Waals surface area contributed by atoms with Crippen LogP contribution in [0.3, 0.4) is 0 Å². The maximum Gasteiger partial charge on any atom is 0.323 e. The van der Waals surface area contributed by atoms with Crippen molar-refractivity contribution in [3.63, 3.8) is 0 Å². The predicted octanol–water partition coefficient (Wildman–Crippen LogP) is 1.62. The first kappa shape index (κ1) is 14.3. The molecule has 0 bridgehead atoms. The Morgan fingerprint density at radius 1 is 1.50 bits per heavy atom. The average Bonchev–Trinajstić information content (AvgIpc) is 3.08. The van der Waals surface area contributed by atoms with Crippen molar-refractivity contribution in [1.82, 2.24) is 15.5 Å². The van der Waals surface area contributed by atoms with Crippen LogP contribution in [0.25, 0.3) is 11.7 Å². The molecule has 0 saturated carbocycles. The molecular formula is C13H17N3O4. The Morgan fingerprint density at radius 3 is 2.90 bits per heavy atom. The summed E-state index contributed by atoms with van der Waals surface area (Å²) in [5.74, 6) is 1.06. The summed E-state index contributed by atoms with van der Waals surface area (Å²) in [6, 6.07) is 3.06. The van der Waals surface area contributed by atoms with Gasteiger partial charge >= 0.3 is 5.97 Å². The van der Waals surface area contributed by atoms with Gasteiger partial charge in [0.25, 0.3) is 5.89 Å². The molecule has 0 amide bonds. The molecule has 0 aliphatic carbocycles. The van der Waals surface area contributed by atoms with E-state index < -0.39 is 6.04 Å². The number of aromatic nitrogens is 2. The van der Waals surface area contributed by atoms with Crippen LogP contribution in [-0.4, -0.2) is 29.3 Å². The minimum atomic E-state index is -0.412. The van der Waals surface area contributed by atoms with E-state index in [4.69, 9.17) is 13.7 Å². The number of carbonyl (C=O) groups excluding carboxylic acids is 1. The fraction of sp³-hybridized carbons (Fsp3) is 0.462. The Kier molecular flexibility index (Phi) is 4.52. The van der Waals surface area contributed by atoms with Crippen molar-refractivity contribution in [3.05, 3.63) is 24.2 Å². The van der Waals surface area contributed by atoms with Crippen molar-refractivity contribution in [2.75, 3.05) is 7.11 Å². The van der Waals surface area contributed by atoms with Crippen LogP contribution < -0.4 is 5.32 Å². The van der Waals surface area contributed by atoms with Crippen molar-refractivity contribution in [3.8, 4) is 11.7 Å². The van der Waals surface area contributed by atoms with Crippen LogP contribution in [0.1, 0.15) is 19.7 Å². The molecule has 2 aromatic rings. The zero-order valence-electron chi connectivity index (χ0n) is 11.6. The molecule has 1 atom stereocenters. The summed E-state index contributed by atoms with van der Waals surface area (Å²) in [7, 11) is 1.36. The van der Waals surface area contributed by atoms with E-state index in [1.165, 1.54) is 13.4 Å². The molecule has 108 valence electrons. The smallest absolute Gasteiger partial charge is 0.323 e. The molecule has 0 aromatic carbocycles. The van der Waals surface area contributed by atoms with E-state index in [0.29, 0.717) is 24.0 Å². The van der Waals surface area contributed by atoms with Crippen molar-refractivity contribution < 1.29 is 18.5 Å². The van der Waals surface area contributed by atoms with Gasteiger partial charge in [0.15, 0.2) is 11.6 Å². The summed E-state index contributed by atoms with van der Waals surface area (Å²) in [5, 5.41) is 6.88. The van der Waals surface area contributed by atoms with Crippen LogP contribution in [0.5, 0.6) is 0 Å². The Balaban J connectivity index is 1.98. The van der Waals surface area contributed by atoms with Gasteiger partial charge in [-0.1, -0.05) is 19.0 Å². The van der Waals surface area contributed by atoms with Crippen LogP contribution in [0.15, 0.2) is 27.3 Å². The van der Waals surface area contributed by atoms with E-state index in [-0.39, 0.29) is 11.9 Å². The fourth-order valence-electron chi connectivity index (χ4n) is 1.75. The number of ether oxygens (including phenoxy) is 1. The molecule has 0 saturated heterocycles. The highest BCUT2D eigenvalue weighted by Crippen LogP contribution is 2.17. The largest absolute Gasteiger partial charge is 0.468 e. The van der Waals surface area contributed by atoms with Gasteiger partial charge in [0.05, 0.1) is 19.9 Å². The maximum atomic E-state index is 11.6. The zero-order chi connectivity index (χ0) is 14.5. The summed E-state index contributed by atoms with van der Waals surface area (Å²) in [6.07, 6.45) is 1.53. The van der Waals surface area contributed by atoms with E-state index in [0.717, 1.165) is 0 Å². The predicted molar refractivity (Wildman–Crippen MR) is 69.5 cm³/mol. The summed E-state index contributed by atoms with van der Waals surface area (Å²) in [6.45, 7) is 4.17. The molecule has 20 heavy (non-hydrogen) atoms. The highest BCUT2D eigenvalue weighted by Gasteiger charge is 2.23. The molecule has 0 radical (unpaired) electrons. The lowest BCUT2D eigenvalue weighted by molar-refractivity contribution is -0.144. The van der Waals surface area contributed by atoms with Gasteiger partial charge < -0.3 is 13.7 Å². The second-order valence-corrected chi connectivity index (χ2v) is 4.62. The van der Waals surface area contributed by atoms with E-state index in [9.17, 15) is 4.79 Å². The van der Waals surface area contributed by atoms with E-state index in [1.54, 1.807) is 12.1 Å². The molecule has 7 heteroatoms. The number of nitrogens with zero attached hydrogens (tertiary/aromatic N) is 2. The minimum Gasteiger partial charge on any atom is -0.468 e. The molecule has 1 unspecified atom stereocenters. The summed E-state index contributed by atoms with van der Waals surface area (Å²) in [5.41, 5.74) is 0. The molecule has 7 nitrogen and oxygen atoms in total. The molecule has 0 aliphatic heterocycles. The minimum absolute atomic E-state index is 0.0962. The Hall–Kier alpha value is -2.15. The second-order valence-electron chi connectivity index (χ2n) is 4.62. The molecule has 0 fully saturated rings. The Bertz CT molecular complexity index is 548. The Morgan fingerprint density at radius 2 is 2.30 bits per heavy atom. The quantitative estimate of drug-likeness (QED) is 0.803.